The van der Waals surface area contributed by atoms with E-state index in [0.29, 0.717) is 0 Å². The first-order valence-corrected chi connectivity index (χ1v) is 8.47. The van der Waals surface area contributed by atoms with Crippen molar-refractivity contribution < 1.29 is 0 Å². The van der Waals surface area contributed by atoms with Crippen LogP contribution in [-0.2, 0) is 6.42 Å². The standard InChI is InChI=1S/C18H16BrNS/c19-17-11-10-16(21-17)18(20)15-8-6-14(7-9-15)12-13-4-2-1-3-5-13/h1-11,18H,12,20H2. The van der Waals surface area contributed by atoms with Crippen LogP contribution in [0.5, 0.6) is 0 Å². The van der Waals surface area contributed by atoms with Crippen molar-refractivity contribution in [3.8, 4) is 0 Å². The first-order valence-electron chi connectivity index (χ1n) is 6.86. The molecule has 21 heavy (non-hydrogen) atoms. The van der Waals surface area contributed by atoms with Gasteiger partial charge in [-0.05, 0) is 51.2 Å². The molecule has 1 aromatic heterocycles. The van der Waals surface area contributed by atoms with Crippen LogP contribution in [0.15, 0.2) is 70.5 Å². The van der Waals surface area contributed by atoms with Gasteiger partial charge in [-0.2, -0.15) is 0 Å². The van der Waals surface area contributed by atoms with Gasteiger partial charge in [0.05, 0.1) is 9.83 Å². The molecule has 3 heteroatoms. The lowest BCUT2D eigenvalue weighted by atomic mass is 10.0. The van der Waals surface area contributed by atoms with Gasteiger partial charge in [0.2, 0.25) is 0 Å². The molecule has 0 saturated heterocycles. The molecule has 0 amide bonds. The molecule has 0 aliphatic rings. The maximum Gasteiger partial charge on any atom is 0.0702 e. The number of halogens is 1. The van der Waals surface area contributed by atoms with Gasteiger partial charge in [-0.25, -0.2) is 0 Å². The maximum atomic E-state index is 6.32. The van der Waals surface area contributed by atoms with E-state index in [1.807, 2.05) is 12.1 Å². The molecular formula is C18H16BrNS. The summed E-state index contributed by atoms with van der Waals surface area (Å²) in [7, 11) is 0. The van der Waals surface area contributed by atoms with Crippen molar-refractivity contribution in [2.45, 2.75) is 12.5 Å². The van der Waals surface area contributed by atoms with Crippen molar-refractivity contribution in [3.05, 3.63) is 92.1 Å². The van der Waals surface area contributed by atoms with Crippen LogP contribution in [-0.4, -0.2) is 0 Å². The molecule has 106 valence electrons. The van der Waals surface area contributed by atoms with Crippen molar-refractivity contribution in [1.82, 2.24) is 0 Å². The predicted octanol–water partition coefficient (Wildman–Crippen LogP) is 5.15. The van der Waals surface area contributed by atoms with E-state index in [9.17, 15) is 0 Å². The van der Waals surface area contributed by atoms with Gasteiger partial charge in [-0.3, -0.25) is 0 Å². The molecule has 0 radical (unpaired) electrons. The Morgan fingerprint density at radius 1 is 0.857 bits per heavy atom. The van der Waals surface area contributed by atoms with E-state index in [1.54, 1.807) is 11.3 Å². The first-order chi connectivity index (χ1) is 10.2. The van der Waals surface area contributed by atoms with E-state index >= 15 is 0 Å². The Kier molecular flexibility index (Phi) is 4.54. The summed E-state index contributed by atoms with van der Waals surface area (Å²) >= 11 is 5.17. The summed E-state index contributed by atoms with van der Waals surface area (Å²) in [5, 5.41) is 0. The molecule has 0 fully saturated rings. The molecular weight excluding hydrogens is 342 g/mol. The minimum absolute atomic E-state index is 0.0490. The van der Waals surface area contributed by atoms with Gasteiger partial charge in [0, 0.05) is 4.88 Å². The Labute approximate surface area is 137 Å². The van der Waals surface area contributed by atoms with Gasteiger partial charge in [0.1, 0.15) is 0 Å². The zero-order valence-electron chi connectivity index (χ0n) is 11.5. The fourth-order valence-electron chi connectivity index (χ4n) is 2.33. The molecule has 2 aromatic carbocycles. The van der Waals surface area contributed by atoms with Crippen molar-refractivity contribution in [3.63, 3.8) is 0 Å². The second-order valence-electron chi connectivity index (χ2n) is 5.02. The van der Waals surface area contributed by atoms with Gasteiger partial charge in [-0.15, -0.1) is 11.3 Å². The van der Waals surface area contributed by atoms with Crippen molar-refractivity contribution in [2.75, 3.05) is 0 Å². The molecule has 0 saturated carbocycles. The molecule has 1 atom stereocenters. The van der Waals surface area contributed by atoms with Crippen molar-refractivity contribution >= 4 is 27.3 Å². The van der Waals surface area contributed by atoms with Crippen molar-refractivity contribution in [2.24, 2.45) is 5.73 Å². The highest BCUT2D eigenvalue weighted by Crippen LogP contribution is 2.29. The van der Waals surface area contributed by atoms with Gasteiger partial charge in [0.25, 0.3) is 0 Å². The van der Waals surface area contributed by atoms with Crippen molar-refractivity contribution in [1.29, 1.82) is 0 Å². The third kappa shape index (κ3) is 3.62. The Morgan fingerprint density at radius 3 is 2.14 bits per heavy atom. The first kappa shape index (κ1) is 14.5. The average molecular weight is 358 g/mol. The van der Waals surface area contributed by atoms with E-state index in [1.165, 1.54) is 16.0 Å². The van der Waals surface area contributed by atoms with Crippen LogP contribution in [0.1, 0.15) is 27.6 Å². The van der Waals surface area contributed by atoms with Gasteiger partial charge < -0.3 is 5.73 Å². The highest BCUT2D eigenvalue weighted by Gasteiger charge is 2.11. The minimum Gasteiger partial charge on any atom is -0.320 e. The predicted molar refractivity (Wildman–Crippen MR) is 93.7 cm³/mol. The topological polar surface area (TPSA) is 26.0 Å². The Morgan fingerprint density at radius 2 is 1.52 bits per heavy atom. The molecule has 0 aliphatic heterocycles. The number of thiophene rings is 1. The molecule has 3 rings (SSSR count). The number of hydrogen-bond donors (Lipinski definition) is 1. The summed E-state index contributed by atoms with van der Waals surface area (Å²) in [6, 6.07) is 23.2. The van der Waals surface area contributed by atoms with Crippen LogP contribution in [0.3, 0.4) is 0 Å². The number of nitrogens with two attached hydrogens (primary N) is 1. The lowest BCUT2D eigenvalue weighted by Crippen LogP contribution is -2.10. The van der Waals surface area contributed by atoms with E-state index in [4.69, 9.17) is 5.73 Å². The lowest BCUT2D eigenvalue weighted by molar-refractivity contribution is 0.892. The highest BCUT2D eigenvalue weighted by atomic mass is 79.9. The van der Waals surface area contributed by atoms with E-state index in [0.717, 1.165) is 15.8 Å². The number of hydrogen-bond acceptors (Lipinski definition) is 2. The third-order valence-corrected chi connectivity index (χ3v) is 5.20. The molecule has 3 aromatic rings. The zero-order chi connectivity index (χ0) is 14.7. The summed E-state index contributed by atoms with van der Waals surface area (Å²) in [5.41, 5.74) is 10.1. The number of rotatable bonds is 4. The normalized spacial score (nSPS) is 12.3. The lowest BCUT2D eigenvalue weighted by Gasteiger charge is -2.11. The minimum atomic E-state index is -0.0490. The molecule has 2 N–H and O–H groups in total. The molecule has 1 heterocycles. The van der Waals surface area contributed by atoms with Crippen LogP contribution in [0.2, 0.25) is 0 Å². The molecule has 0 aliphatic carbocycles. The molecule has 1 unspecified atom stereocenters. The quantitative estimate of drug-likeness (QED) is 0.686. The summed E-state index contributed by atoms with van der Waals surface area (Å²) in [5.74, 6) is 0. The summed E-state index contributed by atoms with van der Waals surface area (Å²) in [6.45, 7) is 0. The van der Waals surface area contributed by atoms with Crippen LogP contribution in [0.4, 0.5) is 0 Å². The fraction of sp³-hybridized carbons (Fsp3) is 0.111. The average Bonchev–Trinajstić information content (AvgIpc) is 2.95. The van der Waals surface area contributed by atoms with Gasteiger partial charge in [-0.1, -0.05) is 54.6 Å². The Hall–Kier alpha value is -1.42. The second-order valence-corrected chi connectivity index (χ2v) is 7.52. The number of benzene rings is 2. The summed E-state index contributed by atoms with van der Waals surface area (Å²) < 4.78 is 1.12. The van der Waals surface area contributed by atoms with Gasteiger partial charge in [0.15, 0.2) is 0 Å². The monoisotopic (exact) mass is 357 g/mol. The molecule has 1 nitrogen and oxygen atoms in total. The smallest absolute Gasteiger partial charge is 0.0702 e. The third-order valence-electron chi connectivity index (χ3n) is 3.49. The van der Waals surface area contributed by atoms with Crippen LogP contribution in [0.25, 0.3) is 0 Å². The Bertz CT molecular complexity index is 704. The van der Waals surface area contributed by atoms with E-state index in [-0.39, 0.29) is 6.04 Å². The largest absolute Gasteiger partial charge is 0.320 e. The summed E-state index contributed by atoms with van der Waals surface area (Å²) in [6.07, 6.45) is 0.959. The van der Waals surface area contributed by atoms with E-state index < -0.39 is 0 Å². The highest BCUT2D eigenvalue weighted by molar-refractivity contribution is 9.11. The van der Waals surface area contributed by atoms with Crippen LogP contribution >= 0.6 is 27.3 Å². The fourth-order valence-corrected chi connectivity index (χ4v) is 3.79. The summed E-state index contributed by atoms with van der Waals surface area (Å²) in [4.78, 5) is 1.18. The van der Waals surface area contributed by atoms with Crippen LogP contribution in [0, 0.1) is 0 Å². The maximum absolute atomic E-state index is 6.32. The SMILES string of the molecule is NC(c1ccc(Cc2ccccc2)cc1)c1ccc(Br)s1. The van der Waals surface area contributed by atoms with Crippen LogP contribution < -0.4 is 5.73 Å². The zero-order valence-corrected chi connectivity index (χ0v) is 13.9. The molecule has 0 spiro atoms. The molecule has 0 bridgehead atoms. The Balaban J connectivity index is 1.75. The second kappa shape index (κ2) is 6.56. The van der Waals surface area contributed by atoms with Gasteiger partial charge >= 0.3 is 0 Å². The van der Waals surface area contributed by atoms with E-state index in [2.05, 4.69) is 70.5 Å².